The van der Waals surface area contributed by atoms with E-state index in [1.165, 1.54) is 12.8 Å². The van der Waals surface area contributed by atoms with E-state index >= 15 is 0 Å². The van der Waals surface area contributed by atoms with Crippen LogP contribution in [-0.4, -0.2) is 85.2 Å². The van der Waals surface area contributed by atoms with Crippen LogP contribution >= 0.6 is 0 Å². The minimum atomic E-state index is -0.560. The van der Waals surface area contributed by atoms with Gasteiger partial charge in [-0.05, 0) is 38.1 Å². The molecule has 2 N–H and O–H groups in total. The molecule has 0 bridgehead atoms. The van der Waals surface area contributed by atoms with Crippen LogP contribution in [0.25, 0.3) is 0 Å². The van der Waals surface area contributed by atoms with Gasteiger partial charge >= 0.3 is 11.8 Å². The number of carbonyl (C=O) groups is 2. The topological polar surface area (TPSA) is 78.8 Å². The summed E-state index contributed by atoms with van der Waals surface area (Å²) in [5, 5.41) is 5.54. The van der Waals surface area contributed by atoms with Crippen LogP contribution in [0, 0.1) is 0 Å². The largest absolute Gasteiger partial charge is 0.379 e. The molecule has 8 nitrogen and oxygen atoms in total. The van der Waals surface area contributed by atoms with Gasteiger partial charge in [0.1, 0.15) is 0 Å². The maximum atomic E-state index is 12.2. The van der Waals surface area contributed by atoms with Gasteiger partial charge < -0.3 is 19.9 Å². The molecule has 3 rings (SSSR count). The Labute approximate surface area is 160 Å². The quantitative estimate of drug-likeness (QED) is 0.640. The molecule has 1 atom stereocenters. The van der Waals surface area contributed by atoms with Crippen LogP contribution < -0.4 is 10.6 Å². The van der Waals surface area contributed by atoms with Crippen molar-refractivity contribution < 1.29 is 14.3 Å². The summed E-state index contributed by atoms with van der Waals surface area (Å²) in [5.74, 6) is -1.12. The third kappa shape index (κ3) is 5.54. The Morgan fingerprint density at radius 3 is 2.48 bits per heavy atom. The average Bonchev–Trinajstić information content (AvgIpc) is 3.35. The van der Waals surface area contributed by atoms with Crippen molar-refractivity contribution in [1.29, 1.82) is 0 Å². The highest BCUT2D eigenvalue weighted by molar-refractivity contribution is 6.35. The van der Waals surface area contributed by atoms with Gasteiger partial charge in [-0.3, -0.25) is 19.4 Å². The monoisotopic (exact) mass is 377 g/mol. The Morgan fingerprint density at radius 1 is 1.11 bits per heavy atom. The lowest BCUT2D eigenvalue weighted by Gasteiger charge is -2.28. The van der Waals surface area contributed by atoms with Gasteiger partial charge in [-0.25, -0.2) is 0 Å². The molecule has 0 radical (unpaired) electrons. The van der Waals surface area contributed by atoms with Crippen LogP contribution in [-0.2, 0) is 21.4 Å². The Bertz CT molecular complexity index is 621. The molecule has 0 aromatic carbocycles. The third-order valence-corrected chi connectivity index (χ3v) is 5.39. The summed E-state index contributed by atoms with van der Waals surface area (Å²) >= 11 is 0. The summed E-state index contributed by atoms with van der Waals surface area (Å²) in [5.41, 5.74) is 1.16. The molecule has 2 aliphatic rings. The normalized spacial score (nSPS) is 19.7. The second-order valence-corrected chi connectivity index (χ2v) is 7.22. The lowest BCUT2D eigenvalue weighted by molar-refractivity contribution is -0.139. The number of nitrogens with zero attached hydrogens (tertiary/aromatic N) is 3. The minimum Gasteiger partial charge on any atom is -0.379 e. The first-order valence-electron chi connectivity index (χ1n) is 9.86. The van der Waals surface area contributed by atoms with Gasteiger partial charge in [0, 0.05) is 51.7 Å². The first kappa shape index (κ1) is 19.9. The van der Waals surface area contributed by atoms with Crippen LogP contribution in [0.3, 0.4) is 0 Å². The molecule has 150 valence electrons. The SMILES string of the molecule is Cn1cccc1C(CNC(=O)C(=O)NCCN1CCOCC1)N1CCCC1. The lowest BCUT2D eigenvalue weighted by atomic mass is 10.1. The number of nitrogens with one attached hydrogen (secondary N) is 2. The molecular formula is C19H31N5O3. The Balaban J connectivity index is 1.45. The second kappa shape index (κ2) is 9.87. The third-order valence-electron chi connectivity index (χ3n) is 5.39. The number of hydrogen-bond donors (Lipinski definition) is 2. The number of carbonyl (C=O) groups excluding carboxylic acids is 2. The zero-order valence-electron chi connectivity index (χ0n) is 16.2. The molecule has 0 aliphatic carbocycles. The molecule has 1 aromatic rings. The number of likely N-dealkylation sites (tertiary alicyclic amines) is 1. The summed E-state index contributed by atoms with van der Waals surface area (Å²) < 4.78 is 7.38. The van der Waals surface area contributed by atoms with Gasteiger partial charge in [0.15, 0.2) is 0 Å². The fraction of sp³-hybridized carbons (Fsp3) is 0.684. The number of aryl methyl sites for hydroxylation is 1. The Hall–Kier alpha value is -1.90. The van der Waals surface area contributed by atoms with Gasteiger partial charge in [-0.2, -0.15) is 0 Å². The van der Waals surface area contributed by atoms with Crippen molar-refractivity contribution in [3.8, 4) is 0 Å². The van der Waals surface area contributed by atoms with Crippen molar-refractivity contribution in [2.45, 2.75) is 18.9 Å². The van der Waals surface area contributed by atoms with Crippen LogP contribution in [0.2, 0.25) is 0 Å². The van der Waals surface area contributed by atoms with E-state index in [1.54, 1.807) is 0 Å². The van der Waals surface area contributed by atoms with Crippen molar-refractivity contribution in [3.05, 3.63) is 24.0 Å². The zero-order chi connectivity index (χ0) is 19.1. The molecule has 2 aliphatic heterocycles. The average molecular weight is 377 g/mol. The van der Waals surface area contributed by atoms with Gasteiger partial charge in [0.2, 0.25) is 0 Å². The molecule has 27 heavy (non-hydrogen) atoms. The lowest BCUT2D eigenvalue weighted by Crippen LogP contribution is -2.46. The number of morpholine rings is 1. The van der Waals surface area contributed by atoms with E-state index in [2.05, 4.69) is 31.1 Å². The van der Waals surface area contributed by atoms with E-state index in [-0.39, 0.29) is 6.04 Å². The van der Waals surface area contributed by atoms with E-state index in [4.69, 9.17) is 4.74 Å². The second-order valence-electron chi connectivity index (χ2n) is 7.22. The molecule has 0 saturated carbocycles. The highest BCUT2D eigenvalue weighted by Gasteiger charge is 2.26. The summed E-state index contributed by atoms with van der Waals surface area (Å²) in [6.07, 6.45) is 4.37. The highest BCUT2D eigenvalue weighted by Crippen LogP contribution is 2.24. The summed E-state index contributed by atoms with van der Waals surface area (Å²) in [6.45, 7) is 6.90. The molecule has 0 spiro atoms. The fourth-order valence-corrected chi connectivity index (χ4v) is 3.80. The molecule has 8 heteroatoms. The van der Waals surface area contributed by atoms with Gasteiger partial charge in [-0.15, -0.1) is 0 Å². The smallest absolute Gasteiger partial charge is 0.309 e. The number of aromatic nitrogens is 1. The number of hydrogen-bond acceptors (Lipinski definition) is 5. The summed E-state index contributed by atoms with van der Waals surface area (Å²) in [7, 11) is 2.01. The van der Waals surface area contributed by atoms with Crippen LogP contribution in [0.5, 0.6) is 0 Å². The number of ether oxygens (including phenoxy) is 1. The molecule has 1 unspecified atom stereocenters. The molecule has 2 saturated heterocycles. The number of amides is 2. The molecule has 2 fully saturated rings. The summed E-state index contributed by atoms with van der Waals surface area (Å²) in [4.78, 5) is 28.9. The standard InChI is InChI=1S/C19H31N5O3/c1-22-7-4-5-16(22)17(24-8-2-3-9-24)15-21-19(26)18(25)20-6-10-23-11-13-27-14-12-23/h4-5,7,17H,2-3,6,8-15H2,1H3,(H,20,25)(H,21,26). The Kier molecular flexibility index (Phi) is 7.25. The van der Waals surface area contributed by atoms with Crippen molar-refractivity contribution >= 4 is 11.8 Å². The van der Waals surface area contributed by atoms with E-state index in [1.807, 2.05) is 19.3 Å². The molecule has 3 heterocycles. The van der Waals surface area contributed by atoms with Crippen LogP contribution in [0.1, 0.15) is 24.6 Å². The predicted octanol–water partition coefficient (Wildman–Crippen LogP) is -0.273. The van der Waals surface area contributed by atoms with Crippen molar-refractivity contribution in [3.63, 3.8) is 0 Å². The zero-order valence-corrected chi connectivity index (χ0v) is 16.2. The van der Waals surface area contributed by atoms with Crippen molar-refractivity contribution in [2.75, 3.05) is 59.0 Å². The van der Waals surface area contributed by atoms with Crippen LogP contribution in [0.15, 0.2) is 18.3 Å². The molecule has 2 amide bonds. The van der Waals surface area contributed by atoms with E-state index in [9.17, 15) is 9.59 Å². The van der Waals surface area contributed by atoms with Crippen molar-refractivity contribution in [2.24, 2.45) is 7.05 Å². The first-order chi connectivity index (χ1) is 13.1. The van der Waals surface area contributed by atoms with Gasteiger partial charge in [-0.1, -0.05) is 0 Å². The Morgan fingerprint density at radius 2 is 1.81 bits per heavy atom. The van der Waals surface area contributed by atoms with E-state index in [0.29, 0.717) is 13.1 Å². The van der Waals surface area contributed by atoms with Gasteiger partial charge in [0.25, 0.3) is 0 Å². The van der Waals surface area contributed by atoms with Crippen molar-refractivity contribution in [1.82, 2.24) is 25.0 Å². The van der Waals surface area contributed by atoms with Crippen LogP contribution in [0.4, 0.5) is 0 Å². The highest BCUT2D eigenvalue weighted by atomic mass is 16.5. The van der Waals surface area contributed by atoms with E-state index < -0.39 is 11.8 Å². The molecular weight excluding hydrogens is 346 g/mol. The number of rotatable bonds is 7. The predicted molar refractivity (Wildman–Crippen MR) is 102 cm³/mol. The van der Waals surface area contributed by atoms with Gasteiger partial charge in [0.05, 0.1) is 19.3 Å². The van der Waals surface area contributed by atoms with E-state index in [0.717, 1.165) is 51.6 Å². The first-order valence-corrected chi connectivity index (χ1v) is 9.86. The maximum absolute atomic E-state index is 12.2. The minimum absolute atomic E-state index is 0.0950. The fourth-order valence-electron chi connectivity index (χ4n) is 3.80. The molecule has 1 aromatic heterocycles. The summed E-state index contributed by atoms with van der Waals surface area (Å²) in [6, 6.07) is 4.19. The maximum Gasteiger partial charge on any atom is 0.309 e.